The number of hydrogen-bond donors (Lipinski definition) is 1. The van der Waals surface area contributed by atoms with E-state index in [1.54, 1.807) is 21.8 Å². The number of carbonyl (C=O) groups is 2. The number of para-hydroxylation sites is 1. The largest absolute Gasteiger partial charge is 0.325 e. The van der Waals surface area contributed by atoms with Crippen molar-refractivity contribution in [3.8, 4) is 22.5 Å². The van der Waals surface area contributed by atoms with E-state index in [0.29, 0.717) is 33.4 Å². The molecule has 3 heterocycles. The molecule has 36 heavy (non-hydrogen) atoms. The molecule has 10 heteroatoms. The number of carbonyl (C=O) groups excluding carboxylic acids is 2. The summed E-state index contributed by atoms with van der Waals surface area (Å²) in [5, 5.41) is 9.82. The van der Waals surface area contributed by atoms with Crippen molar-refractivity contribution in [2.24, 2.45) is 0 Å². The zero-order valence-corrected chi connectivity index (χ0v) is 21.0. The maximum Gasteiger partial charge on any atom is 0.325 e. The minimum Gasteiger partial charge on any atom is -0.291 e. The lowest BCUT2D eigenvalue weighted by Gasteiger charge is -2.31. The monoisotopic (exact) mass is 501 g/mol. The first-order valence-corrected chi connectivity index (χ1v) is 12.6. The van der Waals surface area contributed by atoms with Crippen LogP contribution in [0.4, 0.5) is 5.69 Å². The number of anilines is 1. The highest BCUT2D eigenvalue weighted by Gasteiger charge is 2.46. The second kappa shape index (κ2) is 9.54. The fourth-order valence-corrected chi connectivity index (χ4v) is 5.12. The van der Waals surface area contributed by atoms with Crippen molar-refractivity contribution >= 4 is 29.3 Å². The van der Waals surface area contributed by atoms with Crippen LogP contribution in [0.1, 0.15) is 43.7 Å². The van der Waals surface area contributed by atoms with Gasteiger partial charge < -0.3 is 0 Å². The first-order valence-electron chi connectivity index (χ1n) is 11.6. The van der Waals surface area contributed by atoms with Crippen molar-refractivity contribution in [2.45, 2.75) is 38.5 Å². The fourth-order valence-electron chi connectivity index (χ4n) is 4.42. The smallest absolute Gasteiger partial charge is 0.291 e. The van der Waals surface area contributed by atoms with Gasteiger partial charge >= 0.3 is 11.3 Å². The molecule has 1 N–H and O–H groups in total. The lowest BCUT2D eigenvalue weighted by molar-refractivity contribution is -0.763. The van der Waals surface area contributed by atoms with Gasteiger partial charge in [0.05, 0.1) is 16.8 Å². The third kappa shape index (κ3) is 4.03. The summed E-state index contributed by atoms with van der Waals surface area (Å²) >= 11 is 1.44. The van der Waals surface area contributed by atoms with Crippen LogP contribution in [0.15, 0.2) is 70.7 Å². The number of thioether (sulfide) groups is 1. The Morgan fingerprint density at radius 2 is 1.78 bits per heavy atom. The first-order chi connectivity index (χ1) is 17.4. The molecular weight excluding hydrogens is 476 g/mol. The highest BCUT2D eigenvalue weighted by molar-refractivity contribution is 7.99. The van der Waals surface area contributed by atoms with Gasteiger partial charge in [0, 0.05) is 36.5 Å². The number of aromatic nitrogens is 5. The summed E-state index contributed by atoms with van der Waals surface area (Å²) in [6.07, 6.45) is 1.70. The molecule has 1 aliphatic rings. The average molecular weight is 502 g/mol. The SMILES string of the molecule is CCCSc1n[n+]2c(c(=O)[nH]1)-c1ccccc1N(C(C)=O)[C@@H]2c1cn(C(C)=O)nc1-c1ccccc1. The number of fused-ring (bicyclic) bond motifs is 3. The number of aromatic amines is 1. The predicted molar refractivity (Wildman–Crippen MR) is 137 cm³/mol. The van der Waals surface area contributed by atoms with Crippen LogP contribution in [0.5, 0.6) is 0 Å². The van der Waals surface area contributed by atoms with Gasteiger partial charge in [-0.3, -0.25) is 19.4 Å². The Labute approximate surface area is 211 Å². The summed E-state index contributed by atoms with van der Waals surface area (Å²) in [5.74, 6) is 0.273. The van der Waals surface area contributed by atoms with Crippen LogP contribution >= 0.6 is 11.8 Å². The van der Waals surface area contributed by atoms with E-state index in [1.165, 1.54) is 30.3 Å². The number of nitrogens with one attached hydrogen (secondary N) is 1. The Morgan fingerprint density at radius 3 is 2.47 bits per heavy atom. The second-order valence-electron chi connectivity index (χ2n) is 8.44. The molecule has 0 bridgehead atoms. The van der Waals surface area contributed by atoms with Crippen molar-refractivity contribution in [1.82, 2.24) is 19.9 Å². The zero-order valence-electron chi connectivity index (χ0n) is 20.1. The summed E-state index contributed by atoms with van der Waals surface area (Å²) < 4.78 is 2.85. The van der Waals surface area contributed by atoms with Gasteiger partial charge in [-0.2, -0.15) is 5.10 Å². The standard InChI is InChI=1S/C26H24N6O3S/c1-4-14-36-26-27-24(35)23-19-12-8-9-13-21(19)31(17(3)34)25(32(23)29-26)20-15-30(16(2)33)28-22(20)18-10-6-5-7-11-18/h5-13,15,25H,4,14H2,1-3H3/p+1/t25-/m0/s1. The average Bonchev–Trinajstić information content (AvgIpc) is 3.32. The van der Waals surface area contributed by atoms with E-state index in [2.05, 4.69) is 17.0 Å². The van der Waals surface area contributed by atoms with Crippen LogP contribution in [0.2, 0.25) is 0 Å². The predicted octanol–water partition coefficient (Wildman–Crippen LogP) is 3.66. The Kier molecular flexibility index (Phi) is 6.27. The molecule has 0 spiro atoms. The van der Waals surface area contributed by atoms with Crippen LogP contribution in [0.25, 0.3) is 22.5 Å². The molecular formula is C26H25N6O3S+. The molecule has 1 atom stereocenters. The number of nitrogens with zero attached hydrogens (tertiary/aromatic N) is 5. The van der Waals surface area contributed by atoms with Gasteiger partial charge in [-0.15, -0.1) is 0 Å². The Balaban J connectivity index is 1.85. The molecule has 5 rings (SSSR count). The van der Waals surface area contributed by atoms with E-state index >= 15 is 0 Å². The van der Waals surface area contributed by atoms with Crippen LogP contribution in [0.3, 0.4) is 0 Å². The minimum absolute atomic E-state index is 0.231. The molecule has 0 saturated carbocycles. The highest BCUT2D eigenvalue weighted by atomic mass is 32.2. The summed E-state index contributed by atoms with van der Waals surface area (Å²) in [5.41, 5.74) is 3.12. The molecule has 1 amide bonds. The molecule has 2 aromatic carbocycles. The highest BCUT2D eigenvalue weighted by Crippen LogP contribution is 2.39. The van der Waals surface area contributed by atoms with Gasteiger partial charge in [0.25, 0.3) is 6.17 Å². The lowest BCUT2D eigenvalue weighted by atomic mass is 10.00. The minimum atomic E-state index is -0.834. The van der Waals surface area contributed by atoms with E-state index in [9.17, 15) is 14.4 Å². The normalized spacial score (nSPS) is 14.3. The molecule has 0 radical (unpaired) electrons. The van der Waals surface area contributed by atoms with Gasteiger partial charge in [-0.05, 0) is 23.2 Å². The van der Waals surface area contributed by atoms with E-state index < -0.39 is 6.17 Å². The van der Waals surface area contributed by atoms with Crippen molar-refractivity contribution < 1.29 is 14.3 Å². The molecule has 4 aromatic rings. The molecule has 9 nitrogen and oxygen atoms in total. The van der Waals surface area contributed by atoms with Crippen LogP contribution in [-0.4, -0.2) is 37.4 Å². The second-order valence-corrected chi connectivity index (χ2v) is 9.53. The molecule has 0 unspecified atom stereocenters. The van der Waals surface area contributed by atoms with Crippen LogP contribution < -0.4 is 15.1 Å². The third-order valence-electron chi connectivity index (χ3n) is 5.93. The Hall–Kier alpha value is -4.05. The molecule has 182 valence electrons. The fraction of sp³-hybridized carbons (Fsp3) is 0.231. The topological polar surface area (TPSA) is 105 Å². The number of amides is 1. The maximum atomic E-state index is 13.4. The van der Waals surface area contributed by atoms with E-state index in [4.69, 9.17) is 5.10 Å². The molecule has 2 aromatic heterocycles. The van der Waals surface area contributed by atoms with Gasteiger partial charge in [-0.1, -0.05) is 61.2 Å². The lowest BCUT2D eigenvalue weighted by Crippen LogP contribution is -2.60. The summed E-state index contributed by atoms with van der Waals surface area (Å²) in [6, 6.07) is 16.7. The first kappa shape index (κ1) is 23.7. The van der Waals surface area contributed by atoms with Gasteiger partial charge in [0.15, 0.2) is 0 Å². The van der Waals surface area contributed by atoms with Crippen molar-refractivity contribution in [2.75, 3.05) is 10.7 Å². The Morgan fingerprint density at radius 1 is 1.06 bits per heavy atom. The van der Waals surface area contributed by atoms with Crippen molar-refractivity contribution in [1.29, 1.82) is 0 Å². The summed E-state index contributed by atoms with van der Waals surface area (Å²) in [6.45, 7) is 4.95. The maximum absolute atomic E-state index is 13.4. The molecule has 0 saturated heterocycles. The van der Waals surface area contributed by atoms with Gasteiger partial charge in [-0.25, -0.2) is 9.58 Å². The molecule has 1 aliphatic heterocycles. The zero-order chi connectivity index (χ0) is 25.4. The van der Waals surface area contributed by atoms with Gasteiger partial charge in [0.2, 0.25) is 17.0 Å². The summed E-state index contributed by atoms with van der Waals surface area (Å²) in [7, 11) is 0. The Bertz CT molecular complexity index is 1530. The molecule has 0 fully saturated rings. The number of rotatable bonds is 5. The van der Waals surface area contributed by atoms with Crippen LogP contribution in [-0.2, 0) is 4.79 Å². The van der Waals surface area contributed by atoms with E-state index in [-0.39, 0.29) is 17.4 Å². The van der Waals surface area contributed by atoms with E-state index in [0.717, 1.165) is 17.7 Å². The number of H-pyrrole nitrogens is 1. The summed E-state index contributed by atoms with van der Waals surface area (Å²) in [4.78, 5) is 43.5. The van der Waals surface area contributed by atoms with E-state index in [1.807, 2.05) is 48.5 Å². The van der Waals surface area contributed by atoms with Crippen molar-refractivity contribution in [3.05, 3.63) is 76.7 Å². The number of benzene rings is 2. The third-order valence-corrected chi connectivity index (χ3v) is 7.00. The van der Waals surface area contributed by atoms with Gasteiger partial charge in [0.1, 0.15) is 5.69 Å². The number of hydrogen-bond acceptors (Lipinski definition) is 6. The van der Waals surface area contributed by atoms with Crippen molar-refractivity contribution in [3.63, 3.8) is 0 Å². The quantitative estimate of drug-likeness (QED) is 0.331. The van der Waals surface area contributed by atoms with Crippen LogP contribution in [0, 0.1) is 0 Å². The molecule has 0 aliphatic carbocycles.